The van der Waals surface area contributed by atoms with Gasteiger partial charge in [0.05, 0.1) is 12.8 Å². The van der Waals surface area contributed by atoms with Gasteiger partial charge in [-0.05, 0) is 25.5 Å². The monoisotopic (exact) mass is 263 g/mol. The van der Waals surface area contributed by atoms with Crippen LogP contribution in [0.15, 0.2) is 40.0 Å². The SMILES string of the molecule is C=C(C)CN=C(NCCCC)NCCc1ccco1. The van der Waals surface area contributed by atoms with Gasteiger partial charge in [0.15, 0.2) is 5.96 Å². The molecule has 1 heterocycles. The molecular formula is C15H25N3O. The Bertz CT molecular complexity index is 382. The van der Waals surface area contributed by atoms with Gasteiger partial charge in [-0.15, -0.1) is 0 Å². The van der Waals surface area contributed by atoms with Gasteiger partial charge in [0.1, 0.15) is 5.76 Å². The van der Waals surface area contributed by atoms with Crippen LogP contribution in [0.1, 0.15) is 32.4 Å². The Balaban J connectivity index is 2.34. The van der Waals surface area contributed by atoms with Crippen LogP contribution < -0.4 is 10.6 Å². The second kappa shape index (κ2) is 9.25. The molecular weight excluding hydrogens is 238 g/mol. The molecule has 0 atom stereocenters. The number of hydrogen-bond donors (Lipinski definition) is 2. The van der Waals surface area contributed by atoms with Gasteiger partial charge in [-0.2, -0.15) is 0 Å². The Hall–Kier alpha value is -1.71. The molecule has 0 fully saturated rings. The molecule has 2 N–H and O–H groups in total. The van der Waals surface area contributed by atoms with E-state index in [-0.39, 0.29) is 0 Å². The van der Waals surface area contributed by atoms with Crippen molar-refractivity contribution >= 4 is 5.96 Å². The van der Waals surface area contributed by atoms with E-state index in [1.807, 2.05) is 19.1 Å². The lowest BCUT2D eigenvalue weighted by Crippen LogP contribution is -2.39. The zero-order valence-electron chi connectivity index (χ0n) is 12.0. The van der Waals surface area contributed by atoms with Crippen LogP contribution in [0, 0.1) is 0 Å². The highest BCUT2D eigenvalue weighted by atomic mass is 16.3. The van der Waals surface area contributed by atoms with Crippen LogP contribution in [0.5, 0.6) is 0 Å². The third kappa shape index (κ3) is 7.34. The molecule has 19 heavy (non-hydrogen) atoms. The van der Waals surface area contributed by atoms with Crippen LogP contribution in [0.4, 0.5) is 0 Å². The second-order valence-corrected chi connectivity index (χ2v) is 4.66. The second-order valence-electron chi connectivity index (χ2n) is 4.66. The Morgan fingerprint density at radius 1 is 1.37 bits per heavy atom. The predicted octanol–water partition coefficient (Wildman–Crippen LogP) is 2.73. The Morgan fingerprint density at radius 3 is 2.79 bits per heavy atom. The first-order chi connectivity index (χ1) is 9.22. The lowest BCUT2D eigenvalue weighted by atomic mass is 10.3. The molecule has 1 aromatic heterocycles. The molecule has 0 aliphatic heterocycles. The van der Waals surface area contributed by atoms with Gasteiger partial charge < -0.3 is 15.1 Å². The predicted molar refractivity (Wildman–Crippen MR) is 80.4 cm³/mol. The first-order valence-corrected chi connectivity index (χ1v) is 6.91. The van der Waals surface area contributed by atoms with Gasteiger partial charge in [0.2, 0.25) is 0 Å². The van der Waals surface area contributed by atoms with E-state index in [1.165, 1.54) is 6.42 Å². The molecule has 0 unspecified atom stereocenters. The minimum absolute atomic E-state index is 0.655. The summed E-state index contributed by atoms with van der Waals surface area (Å²) in [5.74, 6) is 1.84. The fourth-order valence-electron chi connectivity index (χ4n) is 1.53. The van der Waals surface area contributed by atoms with Gasteiger partial charge in [-0.1, -0.05) is 25.5 Å². The number of unbranched alkanes of at least 4 members (excludes halogenated alkanes) is 1. The fraction of sp³-hybridized carbons (Fsp3) is 0.533. The van der Waals surface area contributed by atoms with Gasteiger partial charge in [0, 0.05) is 19.5 Å². The van der Waals surface area contributed by atoms with Crippen LogP contribution in [0.25, 0.3) is 0 Å². The molecule has 106 valence electrons. The molecule has 0 aromatic carbocycles. The lowest BCUT2D eigenvalue weighted by Gasteiger charge is -2.11. The maximum atomic E-state index is 5.30. The van der Waals surface area contributed by atoms with Crippen molar-refractivity contribution in [3.05, 3.63) is 36.3 Å². The Kier molecular flexibility index (Phi) is 7.47. The fourth-order valence-corrected chi connectivity index (χ4v) is 1.53. The van der Waals surface area contributed by atoms with Crippen molar-refractivity contribution < 1.29 is 4.42 Å². The summed E-state index contributed by atoms with van der Waals surface area (Å²) in [7, 11) is 0. The van der Waals surface area contributed by atoms with Crippen molar-refractivity contribution in [1.82, 2.24) is 10.6 Å². The number of rotatable bonds is 8. The third-order valence-electron chi connectivity index (χ3n) is 2.57. The van der Waals surface area contributed by atoms with E-state index in [4.69, 9.17) is 4.42 Å². The first-order valence-electron chi connectivity index (χ1n) is 6.91. The maximum absolute atomic E-state index is 5.30. The minimum Gasteiger partial charge on any atom is -0.469 e. The Labute approximate surface area is 116 Å². The largest absolute Gasteiger partial charge is 0.469 e. The van der Waals surface area contributed by atoms with E-state index in [1.54, 1.807) is 6.26 Å². The summed E-state index contributed by atoms with van der Waals surface area (Å²) >= 11 is 0. The van der Waals surface area contributed by atoms with E-state index >= 15 is 0 Å². The minimum atomic E-state index is 0.655. The standard InChI is InChI=1S/C15H25N3O/c1-4-5-9-16-15(18-12-13(2)3)17-10-8-14-7-6-11-19-14/h6-7,11H,2,4-5,8-10,12H2,1,3H3,(H2,16,17,18). The molecule has 0 saturated heterocycles. The molecule has 0 saturated carbocycles. The molecule has 0 radical (unpaired) electrons. The molecule has 0 spiro atoms. The smallest absolute Gasteiger partial charge is 0.191 e. The summed E-state index contributed by atoms with van der Waals surface area (Å²) in [6, 6.07) is 3.89. The van der Waals surface area contributed by atoms with Crippen molar-refractivity contribution in [1.29, 1.82) is 0 Å². The van der Waals surface area contributed by atoms with E-state index in [2.05, 4.69) is 29.1 Å². The van der Waals surface area contributed by atoms with Gasteiger partial charge in [0.25, 0.3) is 0 Å². The summed E-state index contributed by atoms with van der Waals surface area (Å²) in [6.07, 6.45) is 4.87. The molecule has 0 aliphatic carbocycles. The lowest BCUT2D eigenvalue weighted by molar-refractivity contribution is 0.506. The summed E-state index contributed by atoms with van der Waals surface area (Å²) in [4.78, 5) is 4.48. The van der Waals surface area contributed by atoms with Crippen molar-refractivity contribution in [3.63, 3.8) is 0 Å². The quantitative estimate of drug-likeness (QED) is 0.328. The van der Waals surface area contributed by atoms with E-state index in [0.717, 1.165) is 43.2 Å². The highest BCUT2D eigenvalue weighted by Gasteiger charge is 1.99. The normalized spacial score (nSPS) is 11.4. The summed E-state index contributed by atoms with van der Waals surface area (Å²) in [6.45, 7) is 10.4. The van der Waals surface area contributed by atoms with Crippen LogP contribution in [0.3, 0.4) is 0 Å². The number of aliphatic imine (C=N–C) groups is 1. The zero-order valence-corrected chi connectivity index (χ0v) is 12.0. The van der Waals surface area contributed by atoms with Crippen LogP contribution in [-0.2, 0) is 6.42 Å². The maximum Gasteiger partial charge on any atom is 0.191 e. The molecule has 0 aliphatic rings. The Morgan fingerprint density at radius 2 is 2.16 bits per heavy atom. The third-order valence-corrected chi connectivity index (χ3v) is 2.57. The summed E-state index contributed by atoms with van der Waals surface area (Å²) < 4.78 is 5.30. The number of nitrogens with zero attached hydrogens (tertiary/aromatic N) is 1. The van der Waals surface area contributed by atoms with E-state index in [9.17, 15) is 0 Å². The van der Waals surface area contributed by atoms with Crippen molar-refractivity contribution in [3.8, 4) is 0 Å². The summed E-state index contributed by atoms with van der Waals surface area (Å²) in [5.41, 5.74) is 1.06. The molecule has 1 aromatic rings. The number of nitrogens with one attached hydrogen (secondary N) is 2. The molecule has 1 rings (SSSR count). The van der Waals surface area contributed by atoms with Gasteiger partial charge in [-0.25, -0.2) is 4.99 Å². The van der Waals surface area contributed by atoms with E-state index < -0.39 is 0 Å². The van der Waals surface area contributed by atoms with Crippen molar-refractivity contribution in [2.45, 2.75) is 33.1 Å². The van der Waals surface area contributed by atoms with Gasteiger partial charge in [-0.3, -0.25) is 0 Å². The van der Waals surface area contributed by atoms with Crippen LogP contribution >= 0.6 is 0 Å². The van der Waals surface area contributed by atoms with Crippen molar-refractivity contribution in [2.75, 3.05) is 19.6 Å². The first kappa shape index (κ1) is 15.3. The van der Waals surface area contributed by atoms with Crippen LogP contribution in [-0.4, -0.2) is 25.6 Å². The molecule has 4 heteroatoms. The highest BCUT2D eigenvalue weighted by Crippen LogP contribution is 1.99. The average molecular weight is 263 g/mol. The van der Waals surface area contributed by atoms with Crippen molar-refractivity contribution in [2.24, 2.45) is 4.99 Å². The van der Waals surface area contributed by atoms with E-state index in [0.29, 0.717) is 6.54 Å². The summed E-state index contributed by atoms with van der Waals surface area (Å²) in [5, 5.41) is 6.63. The molecule has 0 amide bonds. The number of furan rings is 1. The average Bonchev–Trinajstić information content (AvgIpc) is 2.88. The number of hydrogen-bond acceptors (Lipinski definition) is 2. The zero-order chi connectivity index (χ0) is 13.9. The highest BCUT2D eigenvalue weighted by molar-refractivity contribution is 5.79. The molecule has 0 bridgehead atoms. The van der Waals surface area contributed by atoms with Gasteiger partial charge >= 0.3 is 0 Å². The van der Waals surface area contributed by atoms with Crippen LogP contribution in [0.2, 0.25) is 0 Å². The molecule has 4 nitrogen and oxygen atoms in total. The topological polar surface area (TPSA) is 49.6 Å². The number of guanidine groups is 1.